The van der Waals surface area contributed by atoms with Crippen molar-refractivity contribution < 1.29 is 4.21 Å². The molecule has 3 nitrogen and oxygen atoms in total. The van der Waals surface area contributed by atoms with Gasteiger partial charge in [0.15, 0.2) is 0 Å². The van der Waals surface area contributed by atoms with Gasteiger partial charge in [0.25, 0.3) is 0 Å². The topological polar surface area (TPSA) is 42.0 Å². The van der Waals surface area contributed by atoms with Gasteiger partial charge in [0.05, 0.1) is 21.4 Å². The molecule has 1 N–H and O–H groups in total. The molecule has 18 heavy (non-hydrogen) atoms. The van der Waals surface area contributed by atoms with Crippen LogP contribution >= 0.6 is 34.8 Å². The molecule has 0 amide bonds. The summed E-state index contributed by atoms with van der Waals surface area (Å²) in [6, 6.07) is 4.54. The molecule has 0 aliphatic heterocycles. The molecule has 1 unspecified atom stereocenters. The Morgan fingerprint density at radius 2 is 1.89 bits per heavy atom. The van der Waals surface area contributed by atoms with Crippen LogP contribution in [0.1, 0.15) is 32.5 Å². The third-order valence-corrected chi connectivity index (χ3v) is 4.31. The van der Waals surface area contributed by atoms with Crippen molar-refractivity contribution in [3.8, 4) is 0 Å². The van der Waals surface area contributed by atoms with E-state index in [1.807, 2.05) is 20.8 Å². The van der Waals surface area contributed by atoms with Gasteiger partial charge in [-0.3, -0.25) is 4.98 Å². The van der Waals surface area contributed by atoms with Crippen LogP contribution in [0.3, 0.4) is 0 Å². The lowest BCUT2D eigenvalue weighted by molar-refractivity contribution is 0.596. The monoisotopic (exact) mass is 328 g/mol. The van der Waals surface area contributed by atoms with E-state index in [9.17, 15) is 4.21 Å². The summed E-state index contributed by atoms with van der Waals surface area (Å²) in [6.07, 6.45) is 1.60. The van der Waals surface area contributed by atoms with Crippen molar-refractivity contribution >= 4 is 45.8 Å². The number of pyridine rings is 1. The molecule has 0 aromatic carbocycles. The number of rotatable bonds is 3. The summed E-state index contributed by atoms with van der Waals surface area (Å²) in [5, 5.41) is 0. The minimum atomic E-state index is -1.63. The van der Waals surface area contributed by atoms with Gasteiger partial charge in [-0.25, -0.2) is 8.93 Å². The number of hydrogen-bond acceptors (Lipinski definition) is 2. The van der Waals surface area contributed by atoms with Crippen molar-refractivity contribution in [2.75, 3.05) is 0 Å². The first kappa shape index (κ1) is 16.2. The van der Waals surface area contributed by atoms with Crippen LogP contribution in [0.2, 0.25) is 0 Å². The highest BCUT2D eigenvalue weighted by atomic mass is 35.6. The maximum absolute atomic E-state index is 12.1. The van der Waals surface area contributed by atoms with E-state index >= 15 is 0 Å². The second kappa shape index (κ2) is 6.06. The Hall–Kier alpha value is 0.130. The summed E-state index contributed by atoms with van der Waals surface area (Å²) in [6.45, 7) is 5.51. The van der Waals surface area contributed by atoms with Gasteiger partial charge in [-0.2, -0.15) is 0 Å². The average Bonchev–Trinajstić information content (AvgIpc) is 2.23. The lowest BCUT2D eigenvalue weighted by atomic mass is 10.2. The van der Waals surface area contributed by atoms with Gasteiger partial charge in [0.2, 0.25) is 3.79 Å². The van der Waals surface area contributed by atoms with Crippen LogP contribution in [0.4, 0.5) is 0 Å². The van der Waals surface area contributed by atoms with Crippen LogP contribution in [0, 0.1) is 0 Å². The number of alkyl halides is 3. The lowest BCUT2D eigenvalue weighted by Crippen LogP contribution is -2.40. The first-order valence-electron chi connectivity index (χ1n) is 5.28. The molecule has 0 fully saturated rings. The molecule has 1 aromatic heterocycles. The summed E-state index contributed by atoms with van der Waals surface area (Å²) in [5.41, 5.74) is 0.537. The number of nitrogens with zero attached hydrogens (tertiary/aromatic N) is 1. The summed E-state index contributed by atoms with van der Waals surface area (Å²) in [4.78, 5) is 4.13. The van der Waals surface area contributed by atoms with Gasteiger partial charge in [-0.1, -0.05) is 40.9 Å². The van der Waals surface area contributed by atoms with Gasteiger partial charge in [0, 0.05) is 6.20 Å². The molecule has 0 spiro atoms. The minimum absolute atomic E-state index is 0.455. The van der Waals surface area contributed by atoms with Gasteiger partial charge in [0.1, 0.15) is 6.04 Å². The molecule has 102 valence electrons. The van der Waals surface area contributed by atoms with Gasteiger partial charge in [-0.15, -0.1) is 0 Å². The fourth-order valence-corrected chi connectivity index (χ4v) is 2.68. The van der Waals surface area contributed by atoms with E-state index in [0.29, 0.717) is 5.69 Å². The van der Waals surface area contributed by atoms with Gasteiger partial charge < -0.3 is 0 Å². The van der Waals surface area contributed by atoms with E-state index in [1.165, 1.54) is 0 Å². The molecule has 7 heteroatoms. The van der Waals surface area contributed by atoms with E-state index in [0.717, 1.165) is 0 Å². The number of hydrogen-bond donors (Lipinski definition) is 1. The molecule has 1 heterocycles. The van der Waals surface area contributed by atoms with E-state index < -0.39 is 25.6 Å². The van der Waals surface area contributed by atoms with E-state index in [1.54, 1.807) is 24.4 Å². The zero-order chi connectivity index (χ0) is 14.0. The van der Waals surface area contributed by atoms with Crippen molar-refractivity contribution in [3.05, 3.63) is 30.1 Å². The molecular formula is C11H15Cl3N2OS. The minimum Gasteiger partial charge on any atom is -0.259 e. The third-order valence-electron chi connectivity index (χ3n) is 2.09. The van der Waals surface area contributed by atoms with Crippen LogP contribution in [-0.4, -0.2) is 17.7 Å². The van der Waals surface area contributed by atoms with Crippen molar-refractivity contribution in [2.24, 2.45) is 0 Å². The molecule has 1 aromatic rings. The van der Waals surface area contributed by atoms with E-state index in [-0.39, 0.29) is 0 Å². The average molecular weight is 330 g/mol. The third kappa shape index (κ3) is 4.67. The Balaban J connectivity index is 2.99. The predicted octanol–water partition coefficient (Wildman–Crippen LogP) is 3.54. The van der Waals surface area contributed by atoms with Crippen LogP contribution in [0.5, 0.6) is 0 Å². The summed E-state index contributed by atoms with van der Waals surface area (Å²) < 4.78 is 12.8. The number of halogens is 3. The Labute approximate surface area is 125 Å². The highest BCUT2D eigenvalue weighted by molar-refractivity contribution is 7.84. The smallest absolute Gasteiger partial charge is 0.212 e. The maximum atomic E-state index is 12.1. The van der Waals surface area contributed by atoms with Crippen LogP contribution < -0.4 is 4.72 Å². The van der Waals surface area contributed by atoms with Crippen LogP contribution in [-0.2, 0) is 11.0 Å². The summed E-state index contributed by atoms with van der Waals surface area (Å²) in [5.74, 6) is 0. The maximum Gasteiger partial charge on any atom is 0.212 e. The summed E-state index contributed by atoms with van der Waals surface area (Å²) >= 11 is 17.8. The Morgan fingerprint density at radius 3 is 2.28 bits per heavy atom. The predicted molar refractivity (Wildman–Crippen MR) is 78.3 cm³/mol. The standard InChI is InChI=1S/C11H15Cl3N2OS/c1-10(2,3)18(17)16-9(11(12,13)14)8-6-4-5-7-15-8/h4-7,9,16H,1-3H3/t9-,18?/m0/s1. The van der Waals surface area contributed by atoms with E-state index in [4.69, 9.17) is 34.8 Å². The molecule has 0 aliphatic rings. The lowest BCUT2D eigenvalue weighted by Gasteiger charge is -2.28. The highest BCUT2D eigenvalue weighted by Crippen LogP contribution is 2.39. The fraction of sp³-hybridized carbons (Fsp3) is 0.545. The van der Waals surface area contributed by atoms with Crippen molar-refractivity contribution in [1.82, 2.24) is 9.71 Å². The SMILES string of the molecule is CC(C)(C)S(=O)N[C@@H](c1ccccn1)C(Cl)(Cl)Cl. The van der Waals surface area contributed by atoms with Crippen molar-refractivity contribution in [1.29, 1.82) is 0 Å². The zero-order valence-corrected chi connectivity index (χ0v) is 13.4. The first-order valence-corrected chi connectivity index (χ1v) is 7.56. The number of nitrogens with one attached hydrogen (secondary N) is 1. The number of aromatic nitrogens is 1. The fourth-order valence-electron chi connectivity index (χ4n) is 1.13. The van der Waals surface area contributed by atoms with Crippen molar-refractivity contribution in [3.63, 3.8) is 0 Å². The second-order valence-corrected chi connectivity index (χ2v) is 9.10. The van der Waals surface area contributed by atoms with Gasteiger partial charge >= 0.3 is 0 Å². The largest absolute Gasteiger partial charge is 0.259 e. The molecule has 1 rings (SSSR count). The Bertz CT molecular complexity index is 415. The molecule has 0 bridgehead atoms. The Kier molecular flexibility index (Phi) is 5.44. The Morgan fingerprint density at radius 1 is 1.28 bits per heavy atom. The first-order chi connectivity index (χ1) is 8.12. The van der Waals surface area contributed by atoms with Crippen molar-refractivity contribution in [2.45, 2.75) is 35.4 Å². The zero-order valence-electron chi connectivity index (χ0n) is 10.3. The second-order valence-electron chi connectivity index (χ2n) is 4.73. The quantitative estimate of drug-likeness (QED) is 0.862. The molecule has 0 radical (unpaired) electrons. The van der Waals surface area contributed by atoms with Gasteiger partial charge in [-0.05, 0) is 32.9 Å². The summed E-state index contributed by atoms with van der Waals surface area (Å²) in [7, 11) is -1.36. The molecule has 0 aliphatic carbocycles. The highest BCUT2D eigenvalue weighted by Gasteiger charge is 2.37. The molecular weight excluding hydrogens is 315 g/mol. The molecule has 0 saturated carbocycles. The molecule has 2 atom stereocenters. The van der Waals surface area contributed by atoms with Crippen LogP contribution in [0.15, 0.2) is 24.4 Å². The van der Waals surface area contributed by atoms with Crippen LogP contribution in [0.25, 0.3) is 0 Å². The van der Waals surface area contributed by atoms with E-state index in [2.05, 4.69) is 9.71 Å². The molecule has 0 saturated heterocycles. The normalized spacial score (nSPS) is 16.3.